The van der Waals surface area contributed by atoms with Crippen molar-refractivity contribution < 1.29 is 31.4 Å². The van der Waals surface area contributed by atoms with Crippen molar-refractivity contribution in [1.29, 1.82) is 0 Å². The molecule has 198 valence electrons. The minimum absolute atomic E-state index is 0.0152. The van der Waals surface area contributed by atoms with E-state index in [2.05, 4.69) is 5.32 Å². The molecule has 2 atom stereocenters. The Hall–Kier alpha value is -1.77. The normalized spacial score (nSPS) is 21.5. The Morgan fingerprint density at radius 3 is 2.53 bits per heavy atom. The van der Waals surface area contributed by atoms with Gasteiger partial charge in [-0.2, -0.15) is 4.31 Å². The number of nitrogens with two attached hydrogens (primary N) is 1. The summed E-state index contributed by atoms with van der Waals surface area (Å²) < 4.78 is 61.9. The number of hydrogen-bond donors (Lipinski definition) is 3. The van der Waals surface area contributed by atoms with Crippen LogP contribution >= 0.6 is 11.6 Å². The van der Waals surface area contributed by atoms with Crippen molar-refractivity contribution in [3.8, 4) is 5.75 Å². The number of primary sulfonamides is 1. The monoisotopic (exact) mass is 559 g/mol. The number of aliphatic hydroxyl groups is 1. The fourth-order valence-electron chi connectivity index (χ4n) is 4.53. The van der Waals surface area contributed by atoms with Crippen LogP contribution in [-0.4, -0.2) is 76.8 Å². The highest BCUT2D eigenvalue weighted by atomic mass is 35.5. The lowest BCUT2D eigenvalue weighted by Gasteiger charge is -2.38. The first-order valence-corrected chi connectivity index (χ1v) is 14.9. The Labute approximate surface area is 216 Å². The highest BCUT2D eigenvalue weighted by molar-refractivity contribution is 7.89. The second kappa shape index (κ2) is 10.9. The molecule has 2 aliphatic heterocycles. The van der Waals surface area contributed by atoms with E-state index >= 15 is 0 Å². The zero-order valence-corrected chi connectivity index (χ0v) is 21.9. The van der Waals surface area contributed by atoms with Crippen molar-refractivity contribution in [2.75, 3.05) is 32.8 Å². The number of nitrogens with one attached hydrogen (secondary N) is 1. The summed E-state index contributed by atoms with van der Waals surface area (Å²) in [6, 6.07) is 12.1. The molecule has 0 bridgehead atoms. The molecule has 0 aromatic heterocycles. The van der Waals surface area contributed by atoms with Crippen molar-refractivity contribution in [2.24, 2.45) is 5.14 Å². The van der Waals surface area contributed by atoms with Crippen LogP contribution in [0.2, 0.25) is 5.02 Å². The summed E-state index contributed by atoms with van der Waals surface area (Å²) >= 11 is 5.97. The molecular formula is C23H30ClN3O7S2. The summed E-state index contributed by atoms with van der Waals surface area (Å²) in [6.07, 6.45) is 1.04. The lowest BCUT2D eigenvalue weighted by molar-refractivity contribution is -0.0312. The summed E-state index contributed by atoms with van der Waals surface area (Å²) in [5.74, 6) is 0.295. The van der Waals surface area contributed by atoms with Crippen LogP contribution in [0.1, 0.15) is 19.3 Å². The highest BCUT2D eigenvalue weighted by Crippen LogP contribution is 2.37. The van der Waals surface area contributed by atoms with E-state index in [9.17, 15) is 21.9 Å². The van der Waals surface area contributed by atoms with Crippen LogP contribution < -0.4 is 15.2 Å². The summed E-state index contributed by atoms with van der Waals surface area (Å²) in [7, 11) is -7.45. The van der Waals surface area contributed by atoms with Crippen molar-refractivity contribution in [1.82, 2.24) is 9.62 Å². The van der Waals surface area contributed by atoms with Gasteiger partial charge in [-0.25, -0.2) is 22.0 Å². The molecule has 4 N–H and O–H groups in total. The third-order valence-electron chi connectivity index (χ3n) is 6.50. The summed E-state index contributed by atoms with van der Waals surface area (Å²) in [5.41, 5.74) is -0.395. The molecule has 2 aromatic carbocycles. The fourth-order valence-corrected chi connectivity index (χ4v) is 6.82. The SMILES string of the molecule is NS(=O)(=O)c1cccc(OCC(O)CNC2COC3(CCN(S(=O)(=O)c4cccc(Cl)c4)CC3)C2)c1. The third-order valence-corrected chi connectivity index (χ3v) is 9.54. The predicted molar refractivity (Wildman–Crippen MR) is 134 cm³/mol. The van der Waals surface area contributed by atoms with Gasteiger partial charge < -0.3 is 19.9 Å². The van der Waals surface area contributed by atoms with Crippen molar-refractivity contribution in [3.05, 3.63) is 53.6 Å². The van der Waals surface area contributed by atoms with Crippen LogP contribution in [0, 0.1) is 0 Å². The van der Waals surface area contributed by atoms with E-state index < -0.39 is 31.8 Å². The summed E-state index contributed by atoms with van der Waals surface area (Å²) in [6.45, 7) is 1.40. The molecule has 0 aliphatic carbocycles. The van der Waals surface area contributed by atoms with Gasteiger partial charge in [0.2, 0.25) is 20.0 Å². The number of sulfonamides is 2. The maximum Gasteiger partial charge on any atom is 0.243 e. The van der Waals surface area contributed by atoms with Crippen molar-refractivity contribution in [3.63, 3.8) is 0 Å². The third kappa shape index (κ3) is 6.56. The molecular weight excluding hydrogens is 530 g/mol. The first-order valence-electron chi connectivity index (χ1n) is 11.5. The van der Waals surface area contributed by atoms with E-state index in [0.29, 0.717) is 49.7 Å². The minimum atomic E-state index is -3.84. The molecule has 2 fully saturated rings. The van der Waals surface area contributed by atoms with Crippen LogP contribution in [-0.2, 0) is 24.8 Å². The number of benzene rings is 2. The number of aliphatic hydroxyl groups excluding tert-OH is 1. The Kier molecular flexibility index (Phi) is 8.27. The Bertz CT molecular complexity index is 1280. The van der Waals surface area contributed by atoms with Crippen molar-refractivity contribution in [2.45, 2.75) is 46.8 Å². The van der Waals surface area contributed by atoms with Gasteiger partial charge >= 0.3 is 0 Å². The molecule has 4 rings (SSSR count). The smallest absolute Gasteiger partial charge is 0.243 e. The topological polar surface area (TPSA) is 148 Å². The first kappa shape index (κ1) is 27.3. The zero-order chi connectivity index (χ0) is 26.0. The van der Waals surface area contributed by atoms with Gasteiger partial charge in [-0.15, -0.1) is 0 Å². The molecule has 2 aromatic rings. The van der Waals surface area contributed by atoms with Crippen LogP contribution in [0.25, 0.3) is 0 Å². The van der Waals surface area contributed by atoms with E-state index in [4.69, 9.17) is 26.2 Å². The van der Waals surface area contributed by atoms with E-state index in [1.807, 2.05) is 0 Å². The van der Waals surface area contributed by atoms with Gasteiger partial charge in [0, 0.05) is 36.8 Å². The molecule has 2 aliphatic rings. The molecule has 10 nitrogen and oxygen atoms in total. The zero-order valence-electron chi connectivity index (χ0n) is 19.5. The maximum atomic E-state index is 13.0. The lowest BCUT2D eigenvalue weighted by atomic mass is 9.88. The molecule has 0 amide bonds. The average molecular weight is 560 g/mol. The number of piperidine rings is 1. The van der Waals surface area contributed by atoms with Crippen LogP contribution in [0.15, 0.2) is 58.3 Å². The number of nitrogens with zero attached hydrogens (tertiary/aromatic N) is 1. The number of rotatable bonds is 9. The standard InChI is InChI=1S/C23H30ClN3O7S2/c24-17-3-1-6-22(11-17)36(31,32)27-9-7-23(8-10-27)13-18(15-34-23)26-14-19(28)16-33-20-4-2-5-21(12-20)35(25,29)30/h1-6,11-12,18-19,26,28H,7-10,13-16H2,(H2,25,29,30). The van der Waals surface area contributed by atoms with E-state index in [1.165, 1.54) is 28.6 Å². The summed E-state index contributed by atoms with van der Waals surface area (Å²) in [4.78, 5) is 0.123. The molecule has 2 saturated heterocycles. The number of ether oxygens (including phenoxy) is 2. The largest absolute Gasteiger partial charge is 0.491 e. The van der Waals surface area contributed by atoms with E-state index in [-0.39, 0.29) is 29.0 Å². The van der Waals surface area contributed by atoms with Gasteiger partial charge in [0.15, 0.2) is 0 Å². The van der Waals surface area contributed by atoms with Crippen molar-refractivity contribution >= 4 is 31.6 Å². The first-order chi connectivity index (χ1) is 17.0. The van der Waals surface area contributed by atoms with Gasteiger partial charge in [-0.3, -0.25) is 0 Å². The van der Waals surface area contributed by atoms with Crippen LogP contribution in [0.4, 0.5) is 0 Å². The average Bonchev–Trinajstić information content (AvgIpc) is 3.23. The molecule has 13 heteroatoms. The Balaban J connectivity index is 1.23. The quantitative estimate of drug-likeness (QED) is 0.417. The molecule has 1 spiro atoms. The van der Waals surface area contributed by atoms with E-state index in [0.717, 1.165) is 0 Å². The second-order valence-electron chi connectivity index (χ2n) is 9.15. The van der Waals surface area contributed by atoms with Crippen LogP contribution in [0.3, 0.4) is 0 Å². The molecule has 36 heavy (non-hydrogen) atoms. The Morgan fingerprint density at radius 2 is 1.83 bits per heavy atom. The maximum absolute atomic E-state index is 13.0. The predicted octanol–water partition coefficient (Wildman–Crippen LogP) is 1.33. The van der Waals surface area contributed by atoms with Crippen LogP contribution in [0.5, 0.6) is 5.75 Å². The number of hydrogen-bond acceptors (Lipinski definition) is 8. The molecule has 0 saturated carbocycles. The van der Waals surface area contributed by atoms with Gasteiger partial charge in [-0.1, -0.05) is 23.7 Å². The minimum Gasteiger partial charge on any atom is -0.491 e. The van der Waals surface area contributed by atoms with Gasteiger partial charge in [0.05, 0.1) is 22.0 Å². The van der Waals surface area contributed by atoms with Gasteiger partial charge in [-0.05, 0) is 49.6 Å². The van der Waals surface area contributed by atoms with Gasteiger partial charge in [0.25, 0.3) is 0 Å². The van der Waals surface area contributed by atoms with Gasteiger partial charge in [0.1, 0.15) is 18.5 Å². The highest BCUT2D eigenvalue weighted by Gasteiger charge is 2.44. The fraction of sp³-hybridized carbons (Fsp3) is 0.478. The second-order valence-corrected chi connectivity index (χ2v) is 13.1. The van der Waals surface area contributed by atoms with E-state index in [1.54, 1.807) is 24.3 Å². The molecule has 2 unspecified atom stereocenters. The lowest BCUT2D eigenvalue weighted by Crippen LogP contribution is -2.47. The summed E-state index contributed by atoms with van der Waals surface area (Å²) in [5, 5.41) is 19.1. The molecule has 0 radical (unpaired) electrons. The Morgan fingerprint density at radius 1 is 1.14 bits per heavy atom. The molecule has 2 heterocycles. The number of halogens is 1.